The Morgan fingerprint density at radius 2 is 1.40 bits per heavy atom. The van der Waals surface area contributed by atoms with E-state index in [1.54, 1.807) is 19.1 Å². The van der Waals surface area contributed by atoms with Crippen LogP contribution in [0.4, 0.5) is 26.3 Å². The molecule has 1 atom stereocenters. The van der Waals surface area contributed by atoms with E-state index in [4.69, 9.17) is 9.47 Å². The highest BCUT2D eigenvalue weighted by atomic mass is 19.4. The van der Waals surface area contributed by atoms with Crippen molar-refractivity contribution >= 4 is 17.7 Å². The minimum atomic E-state index is -5.18. The number of alkyl halides is 6. The summed E-state index contributed by atoms with van der Waals surface area (Å²) in [4.78, 5) is 38.1. The second-order valence-corrected chi connectivity index (χ2v) is 11.0. The molecule has 2 aromatic carbocycles. The van der Waals surface area contributed by atoms with Gasteiger partial charge < -0.3 is 14.8 Å². The lowest BCUT2D eigenvalue weighted by Gasteiger charge is -2.37. The van der Waals surface area contributed by atoms with Gasteiger partial charge in [0.25, 0.3) is 0 Å². The van der Waals surface area contributed by atoms with Gasteiger partial charge in [-0.1, -0.05) is 42.0 Å². The highest BCUT2D eigenvalue weighted by Crippen LogP contribution is 2.43. The van der Waals surface area contributed by atoms with Crippen molar-refractivity contribution in [2.75, 3.05) is 6.61 Å². The monoisotopic (exact) mass is 603 g/mol. The SMILES string of the molecule is Cc1ccc(C(=O)C[C@](NC(=O)CC(=O)OC(C)(C)C)(c2ccc(OCCCCCC(F)(F)F)cc2)C(F)(F)F)cc1. The number of carbonyl (C=O) groups excluding carboxylic acids is 3. The predicted molar refractivity (Wildman–Crippen MR) is 143 cm³/mol. The molecule has 0 saturated heterocycles. The molecule has 42 heavy (non-hydrogen) atoms. The van der Waals surface area contributed by atoms with Crippen molar-refractivity contribution in [1.29, 1.82) is 0 Å². The van der Waals surface area contributed by atoms with Crippen LogP contribution in [0.3, 0.4) is 0 Å². The number of Topliss-reactive ketones (excluding diaryl/α,β-unsaturated/α-hetero) is 1. The summed E-state index contributed by atoms with van der Waals surface area (Å²) >= 11 is 0. The van der Waals surface area contributed by atoms with Gasteiger partial charge in [0.15, 0.2) is 11.3 Å². The molecule has 0 unspecified atom stereocenters. The van der Waals surface area contributed by atoms with Gasteiger partial charge in [0.2, 0.25) is 5.91 Å². The number of esters is 1. The van der Waals surface area contributed by atoms with Crippen LogP contribution in [-0.4, -0.2) is 42.2 Å². The number of hydrogen-bond donors (Lipinski definition) is 1. The molecule has 1 amide bonds. The van der Waals surface area contributed by atoms with E-state index in [2.05, 4.69) is 0 Å². The highest BCUT2D eigenvalue weighted by Gasteiger charge is 2.58. The molecule has 0 aliphatic rings. The van der Waals surface area contributed by atoms with Gasteiger partial charge in [0.05, 0.1) is 6.61 Å². The van der Waals surface area contributed by atoms with Crippen LogP contribution in [0.1, 0.15) is 80.8 Å². The number of hydrogen-bond acceptors (Lipinski definition) is 5. The molecule has 0 saturated carbocycles. The number of carbonyl (C=O) groups is 3. The molecule has 1 N–H and O–H groups in total. The Kier molecular flexibility index (Phi) is 11.6. The summed E-state index contributed by atoms with van der Waals surface area (Å²) < 4.78 is 91.9. The second kappa shape index (κ2) is 14.1. The molecule has 0 aromatic heterocycles. The molecule has 0 radical (unpaired) electrons. The molecular weight excluding hydrogens is 568 g/mol. The number of aryl methyl sites for hydroxylation is 1. The van der Waals surface area contributed by atoms with E-state index in [0.29, 0.717) is 6.42 Å². The number of rotatable bonds is 13. The summed E-state index contributed by atoms with van der Waals surface area (Å²) in [5.41, 5.74) is -3.88. The number of nitrogens with one attached hydrogen (secondary N) is 1. The lowest BCUT2D eigenvalue weighted by Crippen LogP contribution is -2.57. The normalized spacial score (nSPS) is 13.7. The van der Waals surface area contributed by atoms with Crippen molar-refractivity contribution in [1.82, 2.24) is 5.32 Å². The smallest absolute Gasteiger partial charge is 0.416 e. The standard InChI is InChI=1S/C30H35F6NO5/c1-20-8-10-21(11-9-20)24(38)19-28(30(34,35)36,37-25(39)18-26(40)42-27(2,3)4)22-12-14-23(15-13-22)41-17-7-5-6-16-29(31,32)33/h8-15H,5-7,16-19H2,1-4H3,(H,37,39)/t28-/m0/s1. The maximum absolute atomic E-state index is 14.9. The van der Waals surface area contributed by atoms with Crippen LogP contribution in [0, 0.1) is 6.92 Å². The van der Waals surface area contributed by atoms with Crippen molar-refractivity contribution in [2.24, 2.45) is 0 Å². The summed E-state index contributed by atoms with van der Waals surface area (Å²) in [6, 6.07) is 10.4. The first-order chi connectivity index (χ1) is 19.3. The third kappa shape index (κ3) is 11.0. The molecule has 0 heterocycles. The van der Waals surface area contributed by atoms with Crippen molar-refractivity contribution in [3.63, 3.8) is 0 Å². The van der Waals surface area contributed by atoms with Gasteiger partial charge in [0, 0.05) is 18.4 Å². The molecule has 0 aliphatic heterocycles. The van der Waals surface area contributed by atoms with Crippen LogP contribution in [0.25, 0.3) is 0 Å². The van der Waals surface area contributed by atoms with Gasteiger partial charge in [-0.05, 0) is 64.7 Å². The van der Waals surface area contributed by atoms with Crippen molar-refractivity contribution in [3.05, 3.63) is 65.2 Å². The fourth-order valence-electron chi connectivity index (χ4n) is 4.06. The van der Waals surface area contributed by atoms with Crippen LogP contribution in [0.5, 0.6) is 5.75 Å². The average molecular weight is 604 g/mol. The molecule has 0 fully saturated rings. The Labute approximate surface area is 240 Å². The zero-order chi connectivity index (χ0) is 31.8. The van der Waals surface area contributed by atoms with Gasteiger partial charge in [-0.2, -0.15) is 26.3 Å². The van der Waals surface area contributed by atoms with E-state index in [1.165, 1.54) is 45.0 Å². The minimum Gasteiger partial charge on any atom is -0.494 e. The fourth-order valence-corrected chi connectivity index (χ4v) is 4.06. The Morgan fingerprint density at radius 3 is 1.93 bits per heavy atom. The molecule has 0 bridgehead atoms. The Hall–Kier alpha value is -3.57. The second-order valence-electron chi connectivity index (χ2n) is 11.0. The number of unbranched alkanes of at least 4 members (excludes halogenated alkanes) is 2. The fraction of sp³-hybridized carbons (Fsp3) is 0.500. The van der Waals surface area contributed by atoms with Gasteiger partial charge in [-0.25, -0.2) is 0 Å². The first-order valence-electron chi connectivity index (χ1n) is 13.3. The topological polar surface area (TPSA) is 81.7 Å². The molecular formula is C30H35F6NO5. The van der Waals surface area contributed by atoms with Gasteiger partial charge >= 0.3 is 18.3 Å². The van der Waals surface area contributed by atoms with E-state index < -0.39 is 66.0 Å². The van der Waals surface area contributed by atoms with Gasteiger partial charge in [-0.3, -0.25) is 14.4 Å². The van der Waals surface area contributed by atoms with Crippen molar-refractivity contribution in [2.45, 2.75) is 89.7 Å². The van der Waals surface area contributed by atoms with E-state index in [-0.39, 0.29) is 30.8 Å². The first-order valence-corrected chi connectivity index (χ1v) is 13.3. The summed E-state index contributed by atoms with van der Waals surface area (Å²) in [7, 11) is 0. The third-order valence-electron chi connectivity index (χ3n) is 6.08. The first kappa shape index (κ1) is 34.6. The number of ketones is 1. The Bertz CT molecular complexity index is 1200. The van der Waals surface area contributed by atoms with Crippen molar-refractivity contribution < 1.29 is 50.2 Å². The van der Waals surface area contributed by atoms with Crippen LogP contribution >= 0.6 is 0 Å². The summed E-state index contributed by atoms with van der Waals surface area (Å²) in [5, 5.41) is 1.90. The predicted octanol–water partition coefficient (Wildman–Crippen LogP) is 7.38. The Balaban J connectivity index is 2.32. The summed E-state index contributed by atoms with van der Waals surface area (Å²) in [5.74, 6) is -3.09. The third-order valence-corrected chi connectivity index (χ3v) is 6.08. The lowest BCUT2D eigenvalue weighted by molar-refractivity contribution is -0.202. The molecule has 0 aliphatic carbocycles. The minimum absolute atomic E-state index is 0.00101. The largest absolute Gasteiger partial charge is 0.494 e. The van der Waals surface area contributed by atoms with Gasteiger partial charge in [-0.15, -0.1) is 0 Å². The number of amides is 1. The van der Waals surface area contributed by atoms with E-state index in [9.17, 15) is 40.7 Å². The number of halogens is 6. The average Bonchev–Trinajstić information content (AvgIpc) is 2.83. The Morgan fingerprint density at radius 1 is 0.810 bits per heavy atom. The quantitative estimate of drug-likeness (QED) is 0.0850. The molecule has 2 aromatic rings. The molecule has 6 nitrogen and oxygen atoms in total. The highest BCUT2D eigenvalue weighted by molar-refractivity contribution is 5.98. The van der Waals surface area contributed by atoms with E-state index in [1.807, 2.05) is 5.32 Å². The summed E-state index contributed by atoms with van der Waals surface area (Å²) in [6.07, 6.45) is -12.1. The molecule has 0 spiro atoms. The zero-order valence-electron chi connectivity index (χ0n) is 23.9. The molecule has 2 rings (SSSR count). The van der Waals surface area contributed by atoms with E-state index in [0.717, 1.165) is 17.7 Å². The maximum Gasteiger partial charge on any atom is 0.416 e. The summed E-state index contributed by atoms with van der Waals surface area (Å²) in [6.45, 7) is 6.40. The maximum atomic E-state index is 14.9. The number of benzene rings is 2. The van der Waals surface area contributed by atoms with Crippen LogP contribution in [0.2, 0.25) is 0 Å². The molecule has 232 valence electrons. The number of ether oxygens (including phenoxy) is 2. The zero-order valence-corrected chi connectivity index (χ0v) is 23.9. The van der Waals surface area contributed by atoms with Gasteiger partial charge in [0.1, 0.15) is 17.8 Å². The van der Waals surface area contributed by atoms with E-state index >= 15 is 0 Å². The van der Waals surface area contributed by atoms with Crippen molar-refractivity contribution in [3.8, 4) is 5.75 Å². The lowest BCUT2D eigenvalue weighted by atomic mass is 9.82. The van der Waals surface area contributed by atoms with Crippen LogP contribution in [-0.2, 0) is 19.9 Å². The molecule has 12 heteroatoms. The van der Waals surface area contributed by atoms with Crippen LogP contribution < -0.4 is 10.1 Å². The van der Waals surface area contributed by atoms with Crippen LogP contribution in [0.15, 0.2) is 48.5 Å².